The topological polar surface area (TPSA) is 93.2 Å². The number of nitrogens with two attached hydrogens (primary N) is 1. The van der Waals surface area contributed by atoms with E-state index in [9.17, 15) is 9.18 Å². The van der Waals surface area contributed by atoms with Gasteiger partial charge in [-0.25, -0.2) is 9.18 Å². The van der Waals surface area contributed by atoms with Gasteiger partial charge in [-0.15, -0.1) is 0 Å². The van der Waals surface area contributed by atoms with E-state index >= 15 is 0 Å². The lowest BCUT2D eigenvalue weighted by Gasteiger charge is -2.09. The van der Waals surface area contributed by atoms with Crippen LogP contribution in [-0.2, 0) is 0 Å². The minimum Gasteiger partial charge on any atom is -0.478 e. The number of hydrogen-bond acceptors (Lipinski definition) is 4. The summed E-state index contributed by atoms with van der Waals surface area (Å²) < 4.78 is 15.5. The number of aromatic carboxylic acids is 1. The lowest BCUT2D eigenvalue weighted by atomic mass is 10.1. The smallest absolute Gasteiger partial charge is 0.337 e. The van der Waals surface area contributed by atoms with E-state index in [-0.39, 0.29) is 23.0 Å². The summed E-state index contributed by atoms with van der Waals surface area (Å²) in [5.41, 5.74) is 5.81. The van der Waals surface area contributed by atoms with Crippen molar-refractivity contribution in [3.8, 4) is 0 Å². The largest absolute Gasteiger partial charge is 0.478 e. The van der Waals surface area contributed by atoms with Crippen LogP contribution in [0.3, 0.4) is 0 Å². The Morgan fingerprint density at radius 3 is 2.75 bits per heavy atom. The summed E-state index contributed by atoms with van der Waals surface area (Å²) in [5, 5.41) is 15.9. The van der Waals surface area contributed by atoms with Crippen LogP contribution in [0, 0.1) is 5.82 Å². The van der Waals surface area contributed by atoms with Gasteiger partial charge in [-0.1, -0.05) is 0 Å². The van der Waals surface area contributed by atoms with Crippen molar-refractivity contribution in [1.29, 1.82) is 0 Å². The molecule has 4 N–H and O–H groups in total. The van der Waals surface area contributed by atoms with Crippen molar-refractivity contribution in [3.63, 3.8) is 0 Å². The Morgan fingerprint density at radius 2 is 2.20 bits per heavy atom. The highest BCUT2D eigenvalue weighted by Crippen LogP contribution is 2.25. The number of carboxylic acids is 1. The zero-order chi connectivity index (χ0) is 14.9. The molecule has 0 bridgehead atoms. The molecule has 0 saturated heterocycles. The molecule has 0 aliphatic carbocycles. The first-order chi connectivity index (χ1) is 9.38. The summed E-state index contributed by atoms with van der Waals surface area (Å²) in [6, 6.07) is 2.33. The second-order valence-electron chi connectivity index (χ2n) is 4.65. The summed E-state index contributed by atoms with van der Waals surface area (Å²) in [5.74, 6) is -1.83. The first kappa shape index (κ1) is 13.9. The molecule has 0 atom stereocenters. The van der Waals surface area contributed by atoms with Gasteiger partial charge in [0.15, 0.2) is 0 Å². The Balaban J connectivity index is 2.32. The highest BCUT2D eigenvalue weighted by Gasteiger charge is 2.14. The minimum absolute atomic E-state index is 0.0416. The average molecular weight is 278 g/mol. The molecule has 6 nitrogen and oxygen atoms in total. The lowest BCUT2D eigenvalue weighted by Crippen LogP contribution is -2.05. The van der Waals surface area contributed by atoms with Crippen LogP contribution in [0.25, 0.3) is 0 Å². The first-order valence-electron chi connectivity index (χ1n) is 6.02. The van der Waals surface area contributed by atoms with Gasteiger partial charge in [0.25, 0.3) is 0 Å². The third-order valence-electron chi connectivity index (χ3n) is 2.78. The fourth-order valence-corrected chi connectivity index (χ4v) is 1.71. The molecule has 0 spiro atoms. The van der Waals surface area contributed by atoms with Crippen LogP contribution in [0.4, 0.5) is 21.5 Å². The molecule has 20 heavy (non-hydrogen) atoms. The van der Waals surface area contributed by atoms with Gasteiger partial charge in [0, 0.05) is 17.9 Å². The van der Waals surface area contributed by atoms with E-state index in [0.29, 0.717) is 5.69 Å². The van der Waals surface area contributed by atoms with Crippen LogP contribution in [-0.4, -0.2) is 20.9 Å². The zero-order valence-electron chi connectivity index (χ0n) is 11.1. The van der Waals surface area contributed by atoms with Crippen molar-refractivity contribution in [2.75, 3.05) is 11.1 Å². The molecule has 0 aliphatic heterocycles. The van der Waals surface area contributed by atoms with Crippen LogP contribution in [0.15, 0.2) is 24.5 Å². The fraction of sp³-hybridized carbons (Fsp3) is 0.231. The molecule has 0 amide bonds. The van der Waals surface area contributed by atoms with Gasteiger partial charge in [-0.2, -0.15) is 5.10 Å². The molecule has 0 aliphatic rings. The SMILES string of the molecule is CC(C)n1cc(Nc2cc(C(=O)O)c(N)cc2F)cn1. The zero-order valence-corrected chi connectivity index (χ0v) is 11.1. The number of aromatic nitrogens is 2. The number of carboxylic acid groups (broad SMARTS) is 1. The molecule has 0 saturated carbocycles. The minimum atomic E-state index is -1.21. The Bertz CT molecular complexity index is 652. The predicted molar refractivity (Wildman–Crippen MR) is 73.7 cm³/mol. The Kier molecular flexibility index (Phi) is 3.60. The molecule has 0 radical (unpaired) electrons. The maximum atomic E-state index is 13.8. The Hall–Kier alpha value is -2.57. The van der Waals surface area contributed by atoms with Gasteiger partial charge in [0.1, 0.15) is 5.82 Å². The molecule has 1 heterocycles. The maximum Gasteiger partial charge on any atom is 0.337 e. The van der Waals surface area contributed by atoms with Crippen molar-refractivity contribution in [2.24, 2.45) is 0 Å². The standard InChI is InChI=1S/C13H15FN4O2/c1-7(2)18-6-8(5-16-18)17-12-3-9(13(19)20)11(15)4-10(12)14/h3-7,17H,15H2,1-2H3,(H,19,20). The van der Waals surface area contributed by atoms with Gasteiger partial charge in [-0.05, 0) is 26.0 Å². The third-order valence-corrected chi connectivity index (χ3v) is 2.78. The predicted octanol–water partition coefficient (Wildman–Crippen LogP) is 2.63. The van der Waals surface area contributed by atoms with E-state index in [1.807, 2.05) is 13.8 Å². The molecule has 0 fully saturated rings. The van der Waals surface area contributed by atoms with Crippen LogP contribution in [0.2, 0.25) is 0 Å². The number of carbonyl (C=O) groups is 1. The number of nitrogens with zero attached hydrogens (tertiary/aromatic N) is 2. The Labute approximate surface area is 115 Å². The number of nitrogens with one attached hydrogen (secondary N) is 1. The average Bonchev–Trinajstić information content (AvgIpc) is 2.80. The van der Waals surface area contributed by atoms with Crippen molar-refractivity contribution in [2.45, 2.75) is 19.9 Å². The van der Waals surface area contributed by atoms with Gasteiger partial charge >= 0.3 is 5.97 Å². The van der Waals surface area contributed by atoms with Crippen molar-refractivity contribution < 1.29 is 14.3 Å². The molecule has 106 valence electrons. The van der Waals surface area contributed by atoms with E-state index in [1.165, 1.54) is 12.3 Å². The number of anilines is 3. The third kappa shape index (κ3) is 2.71. The molecule has 1 aromatic heterocycles. The summed E-state index contributed by atoms with van der Waals surface area (Å²) in [7, 11) is 0. The van der Waals surface area contributed by atoms with E-state index in [0.717, 1.165) is 6.07 Å². The van der Waals surface area contributed by atoms with Crippen molar-refractivity contribution >= 4 is 23.0 Å². The first-order valence-corrected chi connectivity index (χ1v) is 6.02. The van der Waals surface area contributed by atoms with Gasteiger partial charge in [-0.3, -0.25) is 4.68 Å². The highest BCUT2D eigenvalue weighted by atomic mass is 19.1. The van der Waals surface area contributed by atoms with Gasteiger partial charge in [0.05, 0.1) is 23.1 Å². The monoisotopic (exact) mass is 278 g/mol. The quantitative estimate of drug-likeness (QED) is 0.747. The Morgan fingerprint density at radius 1 is 1.50 bits per heavy atom. The highest BCUT2D eigenvalue weighted by molar-refractivity contribution is 5.95. The summed E-state index contributed by atoms with van der Waals surface area (Å²) in [6.45, 7) is 3.92. The number of halogens is 1. The van der Waals surface area contributed by atoms with Crippen LogP contribution >= 0.6 is 0 Å². The maximum absolute atomic E-state index is 13.8. The van der Waals surface area contributed by atoms with Crippen LogP contribution < -0.4 is 11.1 Å². The second-order valence-corrected chi connectivity index (χ2v) is 4.65. The summed E-state index contributed by atoms with van der Waals surface area (Å²) in [4.78, 5) is 11.0. The van der Waals surface area contributed by atoms with Crippen LogP contribution in [0.1, 0.15) is 30.2 Å². The van der Waals surface area contributed by atoms with Crippen molar-refractivity contribution in [1.82, 2.24) is 9.78 Å². The fourth-order valence-electron chi connectivity index (χ4n) is 1.71. The summed E-state index contributed by atoms with van der Waals surface area (Å²) in [6.07, 6.45) is 3.25. The van der Waals surface area contributed by atoms with E-state index in [4.69, 9.17) is 10.8 Å². The van der Waals surface area contributed by atoms with E-state index in [2.05, 4.69) is 10.4 Å². The van der Waals surface area contributed by atoms with Gasteiger partial charge in [0.2, 0.25) is 0 Å². The molecular formula is C13H15FN4O2. The summed E-state index contributed by atoms with van der Waals surface area (Å²) >= 11 is 0. The molecule has 7 heteroatoms. The molecule has 2 aromatic rings. The number of hydrogen-bond donors (Lipinski definition) is 3. The molecule has 0 unspecified atom stereocenters. The number of nitrogen functional groups attached to an aromatic ring is 1. The lowest BCUT2D eigenvalue weighted by molar-refractivity contribution is 0.0698. The van der Waals surface area contributed by atoms with Gasteiger partial charge < -0.3 is 16.2 Å². The second kappa shape index (κ2) is 5.20. The van der Waals surface area contributed by atoms with E-state index < -0.39 is 11.8 Å². The van der Waals surface area contributed by atoms with Crippen molar-refractivity contribution in [3.05, 3.63) is 35.9 Å². The normalized spacial score (nSPS) is 10.8. The number of benzene rings is 1. The number of rotatable bonds is 4. The molecule has 1 aromatic carbocycles. The van der Waals surface area contributed by atoms with Crippen LogP contribution in [0.5, 0.6) is 0 Å². The molecular weight excluding hydrogens is 263 g/mol. The molecule has 2 rings (SSSR count). The van der Waals surface area contributed by atoms with E-state index in [1.54, 1.807) is 10.9 Å².